The van der Waals surface area contributed by atoms with Gasteiger partial charge in [-0.1, -0.05) is 0 Å². The second kappa shape index (κ2) is 7.96. The van der Waals surface area contributed by atoms with Crippen molar-refractivity contribution in [1.29, 1.82) is 0 Å². The smallest absolute Gasteiger partial charge is 0.326 e. The van der Waals surface area contributed by atoms with E-state index < -0.39 is 5.54 Å². The summed E-state index contributed by atoms with van der Waals surface area (Å²) in [6.45, 7) is 9.32. The molecule has 5 heteroatoms. The van der Waals surface area contributed by atoms with Crippen LogP contribution in [0.15, 0.2) is 0 Å². The lowest BCUT2D eigenvalue weighted by atomic mass is 9.93. The number of rotatable bonds is 8. The molecule has 0 aromatic carbocycles. The standard InChI is InChI=1S/C15H30N2O3/c1-6-20-14(18)15(3,16-4)9-12(2)17-8-7-13(10-17)11-19-5/h12-13,16H,6-11H2,1-5H3. The lowest BCUT2D eigenvalue weighted by Crippen LogP contribution is -2.52. The van der Waals surface area contributed by atoms with E-state index in [1.165, 1.54) is 6.42 Å². The molecular weight excluding hydrogens is 256 g/mol. The molecule has 118 valence electrons. The summed E-state index contributed by atoms with van der Waals surface area (Å²) in [5.41, 5.74) is -0.616. The van der Waals surface area contributed by atoms with Gasteiger partial charge in [0.2, 0.25) is 0 Å². The summed E-state index contributed by atoms with van der Waals surface area (Å²) in [5.74, 6) is 0.452. The minimum absolute atomic E-state index is 0.165. The Morgan fingerprint density at radius 3 is 2.80 bits per heavy atom. The zero-order chi connectivity index (χ0) is 15.2. The van der Waals surface area contributed by atoms with Gasteiger partial charge in [-0.05, 0) is 53.1 Å². The average molecular weight is 286 g/mol. The average Bonchev–Trinajstić information content (AvgIpc) is 2.88. The van der Waals surface area contributed by atoms with Gasteiger partial charge in [-0.15, -0.1) is 0 Å². The van der Waals surface area contributed by atoms with E-state index in [9.17, 15) is 4.79 Å². The second-order valence-corrected chi connectivity index (χ2v) is 5.96. The van der Waals surface area contributed by atoms with E-state index in [0.717, 1.165) is 26.1 Å². The van der Waals surface area contributed by atoms with E-state index >= 15 is 0 Å². The first-order chi connectivity index (χ1) is 9.46. The van der Waals surface area contributed by atoms with Crippen LogP contribution in [-0.4, -0.2) is 62.9 Å². The maximum atomic E-state index is 12.1. The molecule has 3 unspecified atom stereocenters. The van der Waals surface area contributed by atoms with Crippen LogP contribution in [0.3, 0.4) is 0 Å². The topological polar surface area (TPSA) is 50.8 Å². The molecule has 0 aliphatic carbocycles. The summed E-state index contributed by atoms with van der Waals surface area (Å²) in [6, 6.07) is 0.346. The van der Waals surface area contributed by atoms with Gasteiger partial charge in [0.1, 0.15) is 5.54 Å². The molecule has 0 aromatic rings. The van der Waals surface area contributed by atoms with Crippen LogP contribution in [-0.2, 0) is 14.3 Å². The first-order valence-electron chi connectivity index (χ1n) is 7.56. The largest absolute Gasteiger partial charge is 0.465 e. The Bertz CT molecular complexity index is 311. The van der Waals surface area contributed by atoms with Crippen LogP contribution in [0.2, 0.25) is 0 Å². The van der Waals surface area contributed by atoms with Gasteiger partial charge in [0, 0.05) is 19.7 Å². The molecule has 0 spiro atoms. The van der Waals surface area contributed by atoms with Crippen molar-refractivity contribution in [2.75, 3.05) is 40.5 Å². The molecule has 1 N–H and O–H groups in total. The van der Waals surface area contributed by atoms with Gasteiger partial charge < -0.3 is 19.7 Å². The molecule has 1 heterocycles. The maximum absolute atomic E-state index is 12.1. The molecule has 5 nitrogen and oxygen atoms in total. The van der Waals surface area contributed by atoms with Crippen molar-refractivity contribution in [3.8, 4) is 0 Å². The number of carbonyl (C=O) groups is 1. The molecule has 20 heavy (non-hydrogen) atoms. The predicted octanol–water partition coefficient (Wildman–Crippen LogP) is 1.27. The van der Waals surface area contributed by atoms with Crippen molar-refractivity contribution in [3.05, 3.63) is 0 Å². The number of nitrogens with one attached hydrogen (secondary N) is 1. The van der Waals surface area contributed by atoms with Crippen LogP contribution in [0.1, 0.15) is 33.6 Å². The Morgan fingerprint density at radius 1 is 1.55 bits per heavy atom. The fourth-order valence-electron chi connectivity index (χ4n) is 2.93. The fourth-order valence-corrected chi connectivity index (χ4v) is 2.93. The minimum atomic E-state index is -0.616. The molecule has 1 rings (SSSR count). The molecule has 0 saturated carbocycles. The third-order valence-corrected chi connectivity index (χ3v) is 4.32. The summed E-state index contributed by atoms with van der Waals surface area (Å²) < 4.78 is 10.4. The van der Waals surface area contributed by atoms with Gasteiger partial charge in [-0.2, -0.15) is 0 Å². The number of hydrogen-bond acceptors (Lipinski definition) is 5. The maximum Gasteiger partial charge on any atom is 0.326 e. The predicted molar refractivity (Wildman–Crippen MR) is 79.7 cm³/mol. The molecule has 0 amide bonds. The summed E-state index contributed by atoms with van der Waals surface area (Å²) in [6.07, 6.45) is 1.93. The van der Waals surface area contributed by atoms with E-state index in [-0.39, 0.29) is 5.97 Å². The first kappa shape index (κ1) is 17.4. The summed E-state index contributed by atoms with van der Waals surface area (Å²) >= 11 is 0. The molecule has 0 bridgehead atoms. The Labute approximate surface area is 123 Å². The highest BCUT2D eigenvalue weighted by atomic mass is 16.5. The van der Waals surface area contributed by atoms with E-state index in [2.05, 4.69) is 17.1 Å². The summed E-state index contributed by atoms with van der Waals surface area (Å²) in [4.78, 5) is 14.5. The zero-order valence-electron chi connectivity index (χ0n) is 13.6. The van der Waals surface area contributed by atoms with E-state index in [1.54, 1.807) is 7.11 Å². The van der Waals surface area contributed by atoms with Crippen LogP contribution in [0.4, 0.5) is 0 Å². The van der Waals surface area contributed by atoms with Crippen molar-refractivity contribution in [2.24, 2.45) is 5.92 Å². The number of ether oxygens (including phenoxy) is 2. The number of likely N-dealkylation sites (N-methyl/N-ethyl adjacent to an activating group) is 1. The lowest BCUT2D eigenvalue weighted by molar-refractivity contribution is -0.151. The van der Waals surface area contributed by atoms with Crippen LogP contribution in [0.5, 0.6) is 0 Å². The fraction of sp³-hybridized carbons (Fsp3) is 0.933. The summed E-state index contributed by atoms with van der Waals surface area (Å²) in [7, 11) is 3.58. The van der Waals surface area contributed by atoms with Gasteiger partial charge in [-0.25, -0.2) is 0 Å². The lowest BCUT2D eigenvalue weighted by Gasteiger charge is -2.33. The number of hydrogen-bond donors (Lipinski definition) is 1. The van der Waals surface area contributed by atoms with E-state index in [0.29, 0.717) is 18.6 Å². The van der Waals surface area contributed by atoms with Gasteiger partial charge in [0.25, 0.3) is 0 Å². The summed E-state index contributed by atoms with van der Waals surface area (Å²) in [5, 5.41) is 3.13. The zero-order valence-corrected chi connectivity index (χ0v) is 13.6. The van der Waals surface area contributed by atoms with Crippen LogP contribution >= 0.6 is 0 Å². The van der Waals surface area contributed by atoms with Crippen molar-refractivity contribution < 1.29 is 14.3 Å². The Kier molecular flexibility index (Phi) is 6.92. The number of esters is 1. The monoisotopic (exact) mass is 286 g/mol. The number of likely N-dealkylation sites (tertiary alicyclic amines) is 1. The van der Waals surface area contributed by atoms with Crippen molar-refractivity contribution in [1.82, 2.24) is 10.2 Å². The van der Waals surface area contributed by atoms with Crippen LogP contribution in [0.25, 0.3) is 0 Å². The van der Waals surface area contributed by atoms with Gasteiger partial charge in [0.05, 0.1) is 13.2 Å². The SMILES string of the molecule is CCOC(=O)C(C)(CC(C)N1CCC(COC)C1)NC. The minimum Gasteiger partial charge on any atom is -0.465 e. The molecular formula is C15H30N2O3. The molecule has 1 aliphatic rings. The Morgan fingerprint density at radius 2 is 2.25 bits per heavy atom. The highest BCUT2D eigenvalue weighted by Crippen LogP contribution is 2.24. The van der Waals surface area contributed by atoms with Crippen molar-refractivity contribution in [3.63, 3.8) is 0 Å². The molecule has 0 aromatic heterocycles. The molecule has 3 atom stereocenters. The van der Waals surface area contributed by atoms with Crippen molar-refractivity contribution >= 4 is 5.97 Å². The molecule has 0 radical (unpaired) electrons. The van der Waals surface area contributed by atoms with Gasteiger partial charge >= 0.3 is 5.97 Å². The number of nitrogens with zero attached hydrogens (tertiary/aromatic N) is 1. The highest BCUT2D eigenvalue weighted by molar-refractivity contribution is 5.80. The van der Waals surface area contributed by atoms with E-state index in [1.807, 2.05) is 20.9 Å². The highest BCUT2D eigenvalue weighted by Gasteiger charge is 2.37. The molecule has 1 fully saturated rings. The number of carbonyl (C=O) groups excluding carboxylic acids is 1. The quantitative estimate of drug-likeness (QED) is 0.681. The Hall–Kier alpha value is -0.650. The Balaban J connectivity index is 2.55. The van der Waals surface area contributed by atoms with Crippen LogP contribution < -0.4 is 5.32 Å². The number of methoxy groups -OCH3 is 1. The van der Waals surface area contributed by atoms with E-state index in [4.69, 9.17) is 9.47 Å². The molecule has 1 aliphatic heterocycles. The third-order valence-electron chi connectivity index (χ3n) is 4.32. The van der Waals surface area contributed by atoms with Crippen LogP contribution in [0, 0.1) is 5.92 Å². The normalized spacial score (nSPS) is 24.4. The second-order valence-electron chi connectivity index (χ2n) is 5.96. The van der Waals surface area contributed by atoms with Gasteiger partial charge in [0.15, 0.2) is 0 Å². The van der Waals surface area contributed by atoms with Gasteiger partial charge in [-0.3, -0.25) is 4.79 Å². The third kappa shape index (κ3) is 4.43. The van der Waals surface area contributed by atoms with Crippen molar-refractivity contribution in [2.45, 2.75) is 45.2 Å². The first-order valence-corrected chi connectivity index (χ1v) is 7.56. The molecule has 1 saturated heterocycles.